The lowest BCUT2D eigenvalue weighted by atomic mass is 9.92. The normalized spacial score (nSPS) is 21.0. The van der Waals surface area contributed by atoms with Gasteiger partial charge in [0.1, 0.15) is 0 Å². The number of benzene rings is 2. The van der Waals surface area contributed by atoms with Gasteiger partial charge in [0, 0.05) is 49.7 Å². The van der Waals surface area contributed by atoms with Crippen molar-refractivity contribution in [2.75, 3.05) is 13.1 Å². The molecule has 2 aromatic carbocycles. The molecule has 2 heterocycles. The van der Waals surface area contributed by atoms with Crippen molar-refractivity contribution in [3.8, 4) is 0 Å². The van der Waals surface area contributed by atoms with Crippen molar-refractivity contribution in [1.82, 2.24) is 14.8 Å². The van der Waals surface area contributed by atoms with E-state index in [9.17, 15) is 4.79 Å². The fourth-order valence-electron chi connectivity index (χ4n) is 4.64. The van der Waals surface area contributed by atoms with Gasteiger partial charge in [0.15, 0.2) is 5.78 Å². The third-order valence-electron chi connectivity index (χ3n) is 6.38. The van der Waals surface area contributed by atoms with Crippen LogP contribution in [0, 0.1) is 0 Å². The lowest BCUT2D eigenvalue weighted by Crippen LogP contribution is -2.56. The molecule has 4 rings (SSSR count). The molecule has 0 amide bonds. The van der Waals surface area contributed by atoms with Crippen molar-refractivity contribution in [3.05, 3.63) is 101 Å². The van der Waals surface area contributed by atoms with E-state index < -0.39 is 0 Å². The van der Waals surface area contributed by atoms with Gasteiger partial charge in [-0.05, 0) is 49.6 Å². The summed E-state index contributed by atoms with van der Waals surface area (Å²) in [6.45, 7) is 9.21. The maximum atomic E-state index is 11.8. The third-order valence-corrected chi connectivity index (χ3v) is 6.38. The van der Waals surface area contributed by atoms with E-state index in [0.29, 0.717) is 12.1 Å². The van der Waals surface area contributed by atoms with Crippen LogP contribution in [-0.4, -0.2) is 45.7 Å². The van der Waals surface area contributed by atoms with Crippen LogP contribution in [0.2, 0.25) is 0 Å². The minimum Gasteiger partial charge on any atom is -0.295 e. The molecular weight excluding hydrogens is 382 g/mol. The zero-order valence-corrected chi connectivity index (χ0v) is 18.6. The van der Waals surface area contributed by atoms with Gasteiger partial charge in [0.25, 0.3) is 0 Å². The number of carbonyl (C=O) groups is 1. The van der Waals surface area contributed by atoms with Crippen molar-refractivity contribution in [2.45, 2.75) is 45.4 Å². The van der Waals surface area contributed by atoms with Crippen LogP contribution in [0.4, 0.5) is 0 Å². The first-order valence-corrected chi connectivity index (χ1v) is 11.1. The van der Waals surface area contributed by atoms with E-state index in [0.717, 1.165) is 25.2 Å². The number of pyridine rings is 1. The van der Waals surface area contributed by atoms with E-state index >= 15 is 0 Å². The van der Waals surface area contributed by atoms with Crippen LogP contribution in [0.3, 0.4) is 0 Å². The molecule has 0 spiro atoms. The maximum absolute atomic E-state index is 11.8. The van der Waals surface area contributed by atoms with Crippen molar-refractivity contribution in [3.63, 3.8) is 0 Å². The fourth-order valence-corrected chi connectivity index (χ4v) is 4.64. The molecule has 0 aliphatic carbocycles. The van der Waals surface area contributed by atoms with Crippen molar-refractivity contribution in [1.29, 1.82) is 0 Å². The fraction of sp³-hybridized carbons (Fsp3) is 0.333. The second kappa shape index (κ2) is 9.54. The molecule has 1 fully saturated rings. The van der Waals surface area contributed by atoms with E-state index in [2.05, 4.69) is 83.2 Å². The van der Waals surface area contributed by atoms with E-state index in [1.807, 2.05) is 24.5 Å². The molecule has 1 aromatic heterocycles. The zero-order valence-electron chi connectivity index (χ0n) is 18.6. The summed E-state index contributed by atoms with van der Waals surface area (Å²) in [6.07, 6.45) is 3.74. The molecule has 160 valence electrons. The lowest BCUT2D eigenvalue weighted by Gasteiger charge is -2.47. The summed E-state index contributed by atoms with van der Waals surface area (Å²) < 4.78 is 0. The van der Waals surface area contributed by atoms with Crippen molar-refractivity contribution in [2.24, 2.45) is 0 Å². The average Bonchev–Trinajstić information content (AvgIpc) is 2.79. The highest BCUT2D eigenvalue weighted by molar-refractivity contribution is 5.94. The molecule has 3 aromatic rings. The van der Waals surface area contributed by atoms with Crippen LogP contribution in [0.1, 0.15) is 53.9 Å². The minimum absolute atomic E-state index is 0.106. The standard InChI is InChI=1S/C27H31N3O/c1-20-18-30(21(2)17-29(20)19-23-13-15-28-16-14-23)27(25-7-5-4-6-8-25)26-11-9-24(10-12-26)22(3)31/h4-16,20-21,27H,17-19H2,1-3H3. The molecule has 31 heavy (non-hydrogen) atoms. The number of nitrogens with zero attached hydrogens (tertiary/aromatic N) is 3. The highest BCUT2D eigenvalue weighted by atomic mass is 16.1. The summed E-state index contributed by atoms with van der Waals surface area (Å²) in [4.78, 5) is 21.1. The number of hydrogen-bond donors (Lipinski definition) is 0. The predicted octanol–water partition coefficient (Wildman–Crippen LogP) is 4.97. The first kappa shape index (κ1) is 21.4. The highest BCUT2D eigenvalue weighted by Gasteiger charge is 2.34. The Hall–Kier alpha value is -2.82. The number of rotatable bonds is 6. The monoisotopic (exact) mass is 413 g/mol. The SMILES string of the molecule is CC(=O)c1ccc(C(c2ccccc2)N2CC(C)N(Cc3ccncc3)CC2C)cc1. The van der Waals surface area contributed by atoms with Crippen LogP contribution < -0.4 is 0 Å². The first-order valence-electron chi connectivity index (χ1n) is 11.1. The maximum Gasteiger partial charge on any atom is 0.159 e. The molecule has 4 nitrogen and oxygen atoms in total. The number of Topliss-reactive ketones (excluding diaryl/α,β-unsaturated/α-hetero) is 1. The first-order chi connectivity index (χ1) is 15.0. The third kappa shape index (κ3) is 4.92. The Kier molecular flexibility index (Phi) is 6.59. The van der Waals surface area contributed by atoms with Crippen LogP contribution in [0.15, 0.2) is 79.1 Å². The van der Waals surface area contributed by atoms with Gasteiger partial charge in [0.05, 0.1) is 6.04 Å². The molecule has 3 atom stereocenters. The molecule has 0 N–H and O–H groups in total. The highest BCUT2D eigenvalue weighted by Crippen LogP contribution is 2.33. The summed E-state index contributed by atoms with van der Waals surface area (Å²) in [5.74, 6) is 0.106. The van der Waals surface area contributed by atoms with Crippen LogP contribution >= 0.6 is 0 Å². The predicted molar refractivity (Wildman–Crippen MR) is 125 cm³/mol. The van der Waals surface area contributed by atoms with E-state index in [4.69, 9.17) is 0 Å². The molecule has 1 saturated heterocycles. The van der Waals surface area contributed by atoms with Gasteiger partial charge in [0.2, 0.25) is 0 Å². The van der Waals surface area contributed by atoms with Gasteiger partial charge in [-0.1, -0.05) is 54.6 Å². The number of ketones is 1. The van der Waals surface area contributed by atoms with Gasteiger partial charge in [-0.25, -0.2) is 0 Å². The van der Waals surface area contributed by atoms with Crippen molar-refractivity contribution < 1.29 is 4.79 Å². The van der Waals surface area contributed by atoms with Crippen LogP contribution in [-0.2, 0) is 6.54 Å². The number of carbonyl (C=O) groups excluding carboxylic acids is 1. The second-order valence-corrected chi connectivity index (χ2v) is 8.67. The van der Waals surface area contributed by atoms with Crippen molar-refractivity contribution >= 4 is 5.78 Å². The van der Waals surface area contributed by atoms with E-state index in [1.54, 1.807) is 6.92 Å². The zero-order chi connectivity index (χ0) is 21.8. The minimum atomic E-state index is 0.106. The largest absolute Gasteiger partial charge is 0.295 e. The molecule has 0 radical (unpaired) electrons. The molecule has 4 heteroatoms. The number of aromatic nitrogens is 1. The molecule has 1 aliphatic rings. The average molecular weight is 414 g/mol. The van der Waals surface area contributed by atoms with Crippen LogP contribution in [0.25, 0.3) is 0 Å². The summed E-state index contributed by atoms with van der Waals surface area (Å²) in [5, 5.41) is 0. The summed E-state index contributed by atoms with van der Waals surface area (Å²) >= 11 is 0. The summed E-state index contributed by atoms with van der Waals surface area (Å²) in [6, 6.07) is 24.1. The number of hydrogen-bond acceptors (Lipinski definition) is 4. The Morgan fingerprint density at radius 3 is 2.19 bits per heavy atom. The lowest BCUT2D eigenvalue weighted by molar-refractivity contribution is 0.0195. The Balaban J connectivity index is 1.60. The molecule has 3 unspecified atom stereocenters. The smallest absolute Gasteiger partial charge is 0.159 e. The molecule has 0 saturated carbocycles. The quantitative estimate of drug-likeness (QED) is 0.535. The van der Waals surface area contributed by atoms with Gasteiger partial charge >= 0.3 is 0 Å². The molecular formula is C27H31N3O. The topological polar surface area (TPSA) is 36.4 Å². The molecule has 0 bridgehead atoms. The summed E-state index contributed by atoms with van der Waals surface area (Å²) in [5.41, 5.74) is 4.60. The Labute approximate surface area is 185 Å². The van der Waals surface area contributed by atoms with Crippen LogP contribution in [0.5, 0.6) is 0 Å². The van der Waals surface area contributed by atoms with E-state index in [-0.39, 0.29) is 11.8 Å². The van der Waals surface area contributed by atoms with Gasteiger partial charge in [-0.2, -0.15) is 0 Å². The number of piperazine rings is 1. The Morgan fingerprint density at radius 2 is 1.55 bits per heavy atom. The summed E-state index contributed by atoms with van der Waals surface area (Å²) in [7, 11) is 0. The van der Waals surface area contributed by atoms with Gasteiger partial charge in [-0.3, -0.25) is 19.6 Å². The van der Waals surface area contributed by atoms with Gasteiger partial charge in [-0.15, -0.1) is 0 Å². The molecule has 1 aliphatic heterocycles. The van der Waals surface area contributed by atoms with E-state index in [1.165, 1.54) is 16.7 Å². The Bertz CT molecular complexity index is 988. The Morgan fingerprint density at radius 1 is 0.903 bits per heavy atom. The second-order valence-electron chi connectivity index (χ2n) is 8.67. The van der Waals surface area contributed by atoms with Gasteiger partial charge < -0.3 is 0 Å².